The molecule has 0 aliphatic carbocycles. The van der Waals surface area contributed by atoms with Crippen LogP contribution in [0.5, 0.6) is 0 Å². The number of alkyl halides is 3. The zero-order valence-corrected chi connectivity index (χ0v) is 15.0. The number of hydrogen-bond acceptors (Lipinski definition) is 5. The molecule has 3 rings (SSSR count). The quantitative estimate of drug-likeness (QED) is 0.654. The van der Waals surface area contributed by atoms with Crippen molar-refractivity contribution in [3.8, 4) is 22.6 Å². The molecule has 0 bridgehead atoms. The lowest BCUT2D eigenvalue weighted by atomic mass is 10.0. The van der Waals surface area contributed by atoms with Crippen LogP contribution in [0.2, 0.25) is 5.02 Å². The molecule has 0 amide bonds. The fourth-order valence-electron chi connectivity index (χ4n) is 2.75. The molecule has 0 aliphatic rings. The molecular weight excluding hydrogens is 403 g/mol. The number of rotatable bonds is 5. The summed E-state index contributed by atoms with van der Waals surface area (Å²) in [6, 6.07) is 6.13. The number of aliphatic hydroxyl groups is 1. The average Bonchev–Trinajstić information content (AvgIpc) is 3.18. The Morgan fingerprint density at radius 3 is 2.57 bits per heavy atom. The van der Waals surface area contributed by atoms with E-state index in [1.807, 2.05) is 0 Å². The molecule has 0 saturated heterocycles. The van der Waals surface area contributed by atoms with Crippen LogP contribution in [0, 0.1) is 0 Å². The number of benzene rings is 1. The fraction of sp³-hybridized carbons (Fsp3) is 0.235. The summed E-state index contributed by atoms with van der Waals surface area (Å²) in [5.74, 6) is -2.14. The number of carbonyl (C=O) groups is 1. The average molecular weight is 416 g/mol. The molecule has 0 fully saturated rings. The molecule has 7 nitrogen and oxygen atoms in total. The van der Waals surface area contributed by atoms with Gasteiger partial charge in [0.1, 0.15) is 11.3 Å². The number of carboxylic acid groups (broad SMARTS) is 1. The highest BCUT2D eigenvalue weighted by Gasteiger charge is 2.41. The van der Waals surface area contributed by atoms with Crippen molar-refractivity contribution in [2.45, 2.75) is 25.7 Å². The van der Waals surface area contributed by atoms with Gasteiger partial charge in [0.15, 0.2) is 11.5 Å². The SMILES string of the molecule is C[C@H](O)Cn1ncc(-c2onc(-c3ccccc3Cl)c2C(=O)O)c1C(F)(F)F. The summed E-state index contributed by atoms with van der Waals surface area (Å²) < 4.78 is 46.4. The van der Waals surface area contributed by atoms with Crippen molar-refractivity contribution in [3.63, 3.8) is 0 Å². The van der Waals surface area contributed by atoms with E-state index in [0.717, 1.165) is 6.20 Å². The van der Waals surface area contributed by atoms with Gasteiger partial charge in [0.2, 0.25) is 0 Å². The number of aromatic carboxylic acids is 1. The van der Waals surface area contributed by atoms with Crippen molar-refractivity contribution < 1.29 is 32.7 Å². The fourth-order valence-corrected chi connectivity index (χ4v) is 2.97. The molecule has 0 saturated carbocycles. The first kappa shape index (κ1) is 19.9. The van der Waals surface area contributed by atoms with Gasteiger partial charge in [0, 0.05) is 5.56 Å². The lowest BCUT2D eigenvalue weighted by Crippen LogP contribution is -2.21. The maximum atomic E-state index is 13.6. The third-order valence-electron chi connectivity index (χ3n) is 3.82. The van der Waals surface area contributed by atoms with E-state index in [1.165, 1.54) is 19.1 Å². The van der Waals surface area contributed by atoms with Crippen LogP contribution in [0.3, 0.4) is 0 Å². The van der Waals surface area contributed by atoms with E-state index >= 15 is 0 Å². The monoisotopic (exact) mass is 415 g/mol. The normalized spacial score (nSPS) is 12.9. The number of hydrogen-bond donors (Lipinski definition) is 2. The molecule has 1 aromatic carbocycles. The molecule has 2 aromatic heterocycles. The molecule has 0 aliphatic heterocycles. The highest BCUT2D eigenvalue weighted by molar-refractivity contribution is 6.33. The van der Waals surface area contributed by atoms with Gasteiger partial charge in [0.05, 0.1) is 29.4 Å². The Labute approximate surface area is 160 Å². The van der Waals surface area contributed by atoms with Gasteiger partial charge in [-0.1, -0.05) is 35.0 Å². The highest BCUT2D eigenvalue weighted by Crippen LogP contribution is 2.41. The van der Waals surface area contributed by atoms with Gasteiger partial charge in [-0.05, 0) is 13.0 Å². The maximum Gasteiger partial charge on any atom is 0.433 e. The highest BCUT2D eigenvalue weighted by atomic mass is 35.5. The lowest BCUT2D eigenvalue weighted by Gasteiger charge is -2.13. The van der Waals surface area contributed by atoms with Crippen LogP contribution in [0.15, 0.2) is 35.0 Å². The predicted octanol–water partition coefficient (Wildman–Crippen LogP) is 3.96. The standard InChI is InChI=1S/C17H13ClF3N3O4/c1-8(25)7-24-15(17(19,20)21)10(6-22-24)14-12(16(26)27)13(23-28-14)9-4-2-3-5-11(9)18/h2-6,8,25H,7H2,1H3,(H,26,27)/t8-/m0/s1. The van der Waals surface area contributed by atoms with Gasteiger partial charge >= 0.3 is 12.1 Å². The first-order valence-corrected chi connectivity index (χ1v) is 8.28. The van der Waals surface area contributed by atoms with Crippen molar-refractivity contribution in [3.05, 3.63) is 46.7 Å². The van der Waals surface area contributed by atoms with Gasteiger partial charge in [-0.2, -0.15) is 18.3 Å². The molecule has 1 atom stereocenters. The molecule has 28 heavy (non-hydrogen) atoms. The van der Waals surface area contributed by atoms with Crippen molar-refractivity contribution in [2.75, 3.05) is 0 Å². The summed E-state index contributed by atoms with van der Waals surface area (Å²) in [4.78, 5) is 11.8. The summed E-state index contributed by atoms with van der Waals surface area (Å²) in [6.45, 7) is 0.858. The predicted molar refractivity (Wildman–Crippen MR) is 91.8 cm³/mol. The van der Waals surface area contributed by atoms with Gasteiger partial charge in [-0.3, -0.25) is 4.68 Å². The van der Waals surface area contributed by atoms with Crippen LogP contribution in [-0.4, -0.2) is 37.2 Å². The van der Waals surface area contributed by atoms with E-state index in [-0.39, 0.29) is 16.3 Å². The van der Waals surface area contributed by atoms with Crippen LogP contribution in [-0.2, 0) is 12.7 Å². The van der Waals surface area contributed by atoms with Gasteiger partial charge in [-0.15, -0.1) is 0 Å². The van der Waals surface area contributed by atoms with Crippen molar-refractivity contribution in [1.29, 1.82) is 0 Å². The minimum atomic E-state index is -4.88. The Balaban J connectivity index is 2.25. The Kier molecular flexibility index (Phi) is 5.18. The van der Waals surface area contributed by atoms with Crippen LogP contribution in [0.1, 0.15) is 23.0 Å². The van der Waals surface area contributed by atoms with Crippen LogP contribution >= 0.6 is 11.6 Å². The van der Waals surface area contributed by atoms with Crippen LogP contribution in [0.4, 0.5) is 13.2 Å². The first-order chi connectivity index (χ1) is 13.1. The topological polar surface area (TPSA) is 101 Å². The van der Waals surface area contributed by atoms with Crippen LogP contribution < -0.4 is 0 Å². The maximum absolute atomic E-state index is 13.6. The van der Waals surface area contributed by atoms with Gasteiger partial charge < -0.3 is 14.7 Å². The smallest absolute Gasteiger partial charge is 0.433 e. The van der Waals surface area contributed by atoms with E-state index in [1.54, 1.807) is 12.1 Å². The second-order valence-electron chi connectivity index (χ2n) is 5.96. The Hall–Kier alpha value is -2.85. The summed E-state index contributed by atoms with van der Waals surface area (Å²) in [7, 11) is 0. The van der Waals surface area contributed by atoms with Crippen molar-refractivity contribution >= 4 is 17.6 Å². The first-order valence-electron chi connectivity index (χ1n) is 7.90. The molecule has 148 valence electrons. The third kappa shape index (κ3) is 3.60. The largest absolute Gasteiger partial charge is 0.477 e. The number of halogens is 4. The minimum Gasteiger partial charge on any atom is -0.477 e. The minimum absolute atomic E-state index is 0.158. The molecule has 11 heteroatoms. The molecule has 3 aromatic rings. The second-order valence-corrected chi connectivity index (χ2v) is 6.36. The summed E-state index contributed by atoms with van der Waals surface area (Å²) in [5, 5.41) is 26.5. The molecule has 0 spiro atoms. The molecule has 0 radical (unpaired) electrons. The number of nitrogens with zero attached hydrogens (tertiary/aromatic N) is 3. The summed E-state index contributed by atoms with van der Waals surface area (Å²) in [5.41, 5.74) is -2.43. The van der Waals surface area contributed by atoms with E-state index in [4.69, 9.17) is 16.1 Å². The molecule has 2 N–H and O–H groups in total. The van der Waals surface area contributed by atoms with Gasteiger partial charge in [-0.25, -0.2) is 4.79 Å². The Morgan fingerprint density at radius 1 is 1.32 bits per heavy atom. The number of aromatic nitrogens is 3. The molecule has 2 heterocycles. The third-order valence-corrected chi connectivity index (χ3v) is 4.15. The van der Waals surface area contributed by atoms with Gasteiger partial charge in [0.25, 0.3) is 0 Å². The summed E-state index contributed by atoms with van der Waals surface area (Å²) in [6.07, 6.45) is -5.16. The van der Waals surface area contributed by atoms with E-state index < -0.39 is 47.4 Å². The van der Waals surface area contributed by atoms with E-state index in [9.17, 15) is 28.2 Å². The summed E-state index contributed by atoms with van der Waals surface area (Å²) >= 11 is 6.06. The number of aliphatic hydroxyl groups excluding tert-OH is 1. The van der Waals surface area contributed by atoms with E-state index in [2.05, 4.69) is 10.3 Å². The molecule has 0 unspecified atom stereocenters. The van der Waals surface area contributed by atoms with Crippen molar-refractivity contribution in [1.82, 2.24) is 14.9 Å². The van der Waals surface area contributed by atoms with Crippen molar-refractivity contribution in [2.24, 2.45) is 0 Å². The van der Waals surface area contributed by atoms with Crippen LogP contribution in [0.25, 0.3) is 22.6 Å². The lowest BCUT2D eigenvalue weighted by molar-refractivity contribution is -0.144. The zero-order chi connectivity index (χ0) is 20.6. The number of carboxylic acids is 1. The zero-order valence-electron chi connectivity index (χ0n) is 14.2. The molecular formula is C17H13ClF3N3O4. The Morgan fingerprint density at radius 2 is 2.00 bits per heavy atom. The second kappa shape index (κ2) is 7.28. The van der Waals surface area contributed by atoms with E-state index in [0.29, 0.717) is 4.68 Å². The Bertz CT molecular complexity index is 1030.